The van der Waals surface area contributed by atoms with Crippen molar-refractivity contribution in [3.05, 3.63) is 21.9 Å². The molecule has 0 amide bonds. The average molecular weight is 275 g/mol. The first-order valence-electron chi connectivity index (χ1n) is 5.57. The minimum atomic E-state index is -3.22. The molecule has 6 heteroatoms. The van der Waals surface area contributed by atoms with Crippen molar-refractivity contribution in [3.8, 4) is 0 Å². The minimum absolute atomic E-state index is 0.329. The molecule has 0 aliphatic carbocycles. The molecule has 1 aliphatic rings. The van der Waals surface area contributed by atoms with Crippen LogP contribution in [0.4, 0.5) is 0 Å². The Morgan fingerprint density at radius 3 is 2.88 bits per heavy atom. The summed E-state index contributed by atoms with van der Waals surface area (Å²) in [5.74, 6) is 0. The molecule has 0 aromatic carbocycles. The van der Waals surface area contributed by atoms with Crippen molar-refractivity contribution in [1.82, 2.24) is 4.31 Å². The van der Waals surface area contributed by atoms with E-state index >= 15 is 0 Å². The summed E-state index contributed by atoms with van der Waals surface area (Å²) in [4.78, 5) is 1.11. The van der Waals surface area contributed by atoms with Crippen LogP contribution in [0.15, 0.2) is 11.4 Å². The summed E-state index contributed by atoms with van der Waals surface area (Å²) in [6, 6.07) is 2.01. The van der Waals surface area contributed by atoms with Gasteiger partial charge < -0.3 is 4.74 Å². The van der Waals surface area contributed by atoms with Crippen LogP contribution in [0.1, 0.15) is 16.9 Å². The van der Waals surface area contributed by atoms with Gasteiger partial charge in [0.2, 0.25) is 10.0 Å². The first kappa shape index (κ1) is 13.0. The van der Waals surface area contributed by atoms with Gasteiger partial charge in [-0.1, -0.05) is 0 Å². The Morgan fingerprint density at radius 2 is 2.35 bits per heavy atom. The first-order valence-corrected chi connectivity index (χ1v) is 7.96. The molecular formula is C11H17NO3S2. The molecule has 0 saturated carbocycles. The zero-order valence-electron chi connectivity index (χ0n) is 10.0. The smallest absolute Gasteiger partial charge is 0.219 e. The number of rotatable bonds is 4. The van der Waals surface area contributed by atoms with Crippen molar-refractivity contribution in [2.24, 2.45) is 0 Å². The maximum Gasteiger partial charge on any atom is 0.219 e. The van der Waals surface area contributed by atoms with Crippen LogP contribution in [0.25, 0.3) is 0 Å². The molecule has 0 radical (unpaired) electrons. The molecule has 1 saturated heterocycles. The molecule has 0 bridgehead atoms. The highest BCUT2D eigenvalue weighted by Crippen LogP contribution is 2.22. The van der Waals surface area contributed by atoms with E-state index < -0.39 is 10.0 Å². The van der Waals surface area contributed by atoms with Crippen molar-refractivity contribution in [3.63, 3.8) is 0 Å². The fourth-order valence-electron chi connectivity index (χ4n) is 1.86. The lowest BCUT2D eigenvalue weighted by Crippen LogP contribution is -2.35. The zero-order valence-corrected chi connectivity index (χ0v) is 11.7. The number of ether oxygens (including phenoxy) is 1. The Morgan fingerprint density at radius 1 is 1.59 bits per heavy atom. The van der Waals surface area contributed by atoms with E-state index in [2.05, 4.69) is 0 Å². The van der Waals surface area contributed by atoms with Gasteiger partial charge in [-0.3, -0.25) is 0 Å². The van der Waals surface area contributed by atoms with Crippen molar-refractivity contribution >= 4 is 21.4 Å². The van der Waals surface area contributed by atoms with Gasteiger partial charge >= 0.3 is 0 Å². The molecule has 1 unspecified atom stereocenters. The highest BCUT2D eigenvalue weighted by Gasteiger charge is 2.33. The van der Waals surface area contributed by atoms with Gasteiger partial charge in [0.25, 0.3) is 0 Å². The maximum absolute atomic E-state index is 12.2. The van der Waals surface area contributed by atoms with Crippen LogP contribution in [-0.4, -0.2) is 38.2 Å². The molecular weight excluding hydrogens is 258 g/mol. The number of nitrogens with zero attached hydrogens (tertiary/aromatic N) is 1. The average Bonchev–Trinajstić information content (AvgIpc) is 2.90. The Hall–Kier alpha value is -0.430. The van der Waals surface area contributed by atoms with E-state index in [1.54, 1.807) is 18.4 Å². The molecule has 2 rings (SSSR count). The first-order chi connectivity index (χ1) is 8.01. The van der Waals surface area contributed by atoms with Gasteiger partial charge in [0.1, 0.15) is 5.25 Å². The number of hydrogen-bond donors (Lipinski definition) is 0. The normalized spacial score (nSPS) is 21.2. The van der Waals surface area contributed by atoms with Crippen LogP contribution >= 0.6 is 11.3 Å². The quantitative estimate of drug-likeness (QED) is 0.838. The van der Waals surface area contributed by atoms with Crippen LogP contribution in [0.3, 0.4) is 0 Å². The predicted octanol–water partition coefficient (Wildman–Crippen LogP) is 1.61. The number of aryl methyl sites for hydroxylation is 1. The lowest BCUT2D eigenvalue weighted by atomic mass is 10.3. The van der Waals surface area contributed by atoms with Gasteiger partial charge in [0, 0.05) is 25.1 Å². The molecule has 0 N–H and O–H groups in total. The van der Waals surface area contributed by atoms with Gasteiger partial charge in [0.15, 0.2) is 0 Å². The van der Waals surface area contributed by atoms with E-state index in [4.69, 9.17) is 4.74 Å². The molecule has 1 fully saturated rings. The molecule has 96 valence electrons. The minimum Gasteiger partial charge on any atom is -0.380 e. The Bertz CT molecular complexity index is 475. The molecule has 1 aromatic heterocycles. The van der Waals surface area contributed by atoms with Gasteiger partial charge in [-0.2, -0.15) is 4.31 Å². The Balaban J connectivity index is 2.09. The summed E-state index contributed by atoms with van der Waals surface area (Å²) in [5, 5.41) is 1.62. The van der Waals surface area contributed by atoms with Gasteiger partial charge in [-0.15, -0.1) is 11.3 Å². The van der Waals surface area contributed by atoms with E-state index in [0.29, 0.717) is 26.2 Å². The summed E-state index contributed by atoms with van der Waals surface area (Å²) in [6.45, 7) is 3.35. The molecule has 1 aliphatic heterocycles. The molecule has 2 heterocycles. The van der Waals surface area contributed by atoms with Crippen LogP contribution in [0.5, 0.6) is 0 Å². The van der Waals surface area contributed by atoms with E-state index in [1.807, 2.05) is 18.4 Å². The van der Waals surface area contributed by atoms with Crippen LogP contribution in [0, 0.1) is 6.92 Å². The third kappa shape index (κ3) is 2.70. The number of thiophene rings is 1. The third-order valence-electron chi connectivity index (χ3n) is 3.08. The summed E-state index contributed by atoms with van der Waals surface area (Å²) in [7, 11) is -1.57. The van der Waals surface area contributed by atoms with E-state index in [9.17, 15) is 8.42 Å². The second-order valence-corrected chi connectivity index (χ2v) is 7.63. The molecule has 1 aromatic rings. The highest BCUT2D eigenvalue weighted by molar-refractivity contribution is 7.89. The van der Waals surface area contributed by atoms with E-state index in [-0.39, 0.29) is 5.25 Å². The monoisotopic (exact) mass is 275 g/mol. The van der Waals surface area contributed by atoms with E-state index in [0.717, 1.165) is 10.4 Å². The standard InChI is InChI=1S/C11H17NO3S2/c1-9-4-6-16-11(9)7-12(2)17(13,14)10-3-5-15-8-10/h4,6,10H,3,5,7-8H2,1-2H3. The largest absolute Gasteiger partial charge is 0.380 e. The summed E-state index contributed by atoms with van der Waals surface area (Å²) in [6.07, 6.45) is 0.607. The number of hydrogen-bond acceptors (Lipinski definition) is 4. The Labute approximate surface area is 106 Å². The van der Waals surface area contributed by atoms with Crippen molar-refractivity contribution in [2.75, 3.05) is 20.3 Å². The molecule has 1 atom stereocenters. The lowest BCUT2D eigenvalue weighted by molar-refractivity contribution is 0.198. The predicted molar refractivity (Wildman–Crippen MR) is 68.7 cm³/mol. The van der Waals surface area contributed by atoms with Crippen molar-refractivity contribution < 1.29 is 13.2 Å². The van der Waals surface area contributed by atoms with Gasteiger partial charge in [0.05, 0.1) is 6.61 Å². The van der Waals surface area contributed by atoms with Gasteiger partial charge in [-0.25, -0.2) is 8.42 Å². The maximum atomic E-state index is 12.2. The fraction of sp³-hybridized carbons (Fsp3) is 0.636. The molecule has 4 nitrogen and oxygen atoms in total. The lowest BCUT2D eigenvalue weighted by Gasteiger charge is -2.20. The van der Waals surface area contributed by atoms with Crippen LogP contribution < -0.4 is 0 Å². The topological polar surface area (TPSA) is 46.6 Å². The van der Waals surface area contributed by atoms with E-state index in [1.165, 1.54) is 4.31 Å². The summed E-state index contributed by atoms with van der Waals surface area (Å²) < 4.78 is 31.0. The SMILES string of the molecule is Cc1ccsc1CN(C)S(=O)(=O)C1CCOC1. The zero-order chi connectivity index (χ0) is 12.5. The van der Waals surface area contributed by atoms with Crippen LogP contribution in [0.2, 0.25) is 0 Å². The molecule has 17 heavy (non-hydrogen) atoms. The molecule has 0 spiro atoms. The summed E-state index contributed by atoms with van der Waals surface area (Å²) in [5.41, 5.74) is 1.15. The third-order valence-corrected chi connectivity index (χ3v) is 6.30. The second kappa shape index (κ2) is 5.06. The summed E-state index contributed by atoms with van der Waals surface area (Å²) >= 11 is 1.60. The van der Waals surface area contributed by atoms with Crippen molar-refractivity contribution in [1.29, 1.82) is 0 Å². The highest BCUT2D eigenvalue weighted by atomic mass is 32.2. The van der Waals surface area contributed by atoms with Gasteiger partial charge in [-0.05, 0) is 30.4 Å². The second-order valence-electron chi connectivity index (χ2n) is 4.31. The number of sulfonamides is 1. The Kier molecular flexibility index (Phi) is 3.87. The van der Waals surface area contributed by atoms with Crippen LogP contribution in [-0.2, 0) is 21.3 Å². The fourth-order valence-corrected chi connectivity index (χ4v) is 4.38. The van der Waals surface area contributed by atoms with Crippen molar-refractivity contribution in [2.45, 2.75) is 25.1 Å².